The number of hydrogen-bond acceptors (Lipinski definition) is 7. The number of hydrogen-bond donors (Lipinski definition) is 0. The minimum Gasteiger partial charge on any atom is -0.339 e. The average Bonchev–Trinajstić information content (AvgIpc) is 3.58. The van der Waals surface area contributed by atoms with E-state index in [0.717, 1.165) is 80.0 Å². The van der Waals surface area contributed by atoms with Crippen LogP contribution in [0, 0.1) is 22.2 Å². The second-order valence-electron chi connectivity index (χ2n) is 14.7. The second kappa shape index (κ2) is 8.96. The number of carbonyl (C=O) groups excluding carboxylic acids is 1. The van der Waals surface area contributed by atoms with Crippen LogP contribution in [0.15, 0.2) is 47.2 Å². The Labute approximate surface area is 254 Å². The van der Waals surface area contributed by atoms with Gasteiger partial charge in [0.2, 0.25) is 11.8 Å². The van der Waals surface area contributed by atoms with Gasteiger partial charge in [-0.15, -0.1) is 0 Å². The highest BCUT2D eigenvalue weighted by molar-refractivity contribution is 5.95. The Bertz CT molecular complexity index is 1820. The first kappa shape index (κ1) is 26.3. The predicted molar refractivity (Wildman–Crippen MR) is 158 cm³/mol. The maximum Gasteiger partial charge on any atom is 0.232 e. The summed E-state index contributed by atoms with van der Waals surface area (Å²) in [5, 5.41) is 18.0. The first-order chi connectivity index (χ1) is 21.3. The molecule has 0 unspecified atom stereocenters. The number of nitrogens with zero attached hydrogens (tertiary/aromatic N) is 7. The molecule has 7 saturated carbocycles. The van der Waals surface area contributed by atoms with Crippen LogP contribution in [-0.2, 0) is 10.2 Å². The zero-order valence-corrected chi connectivity index (χ0v) is 24.6. The van der Waals surface area contributed by atoms with Crippen LogP contribution in [-0.4, -0.2) is 42.9 Å². The van der Waals surface area contributed by atoms with Crippen LogP contribution >= 0.6 is 0 Å². The number of amides is 1. The van der Waals surface area contributed by atoms with E-state index in [9.17, 15) is 14.4 Å². The van der Waals surface area contributed by atoms with Gasteiger partial charge in [0.1, 0.15) is 11.7 Å². The van der Waals surface area contributed by atoms with Crippen LogP contribution < -0.4 is 4.90 Å². The minimum atomic E-state index is -1.03. The fourth-order valence-corrected chi connectivity index (χ4v) is 8.87. The molecule has 44 heavy (non-hydrogen) atoms. The number of anilines is 1. The van der Waals surface area contributed by atoms with Gasteiger partial charge in [0, 0.05) is 41.6 Å². The van der Waals surface area contributed by atoms with Crippen molar-refractivity contribution in [2.75, 3.05) is 11.4 Å². The molecule has 0 atom stereocenters. The molecule has 224 valence electrons. The molecule has 7 aliphatic rings. The molecular formula is C34H34FN7O2. The molecule has 9 nitrogen and oxygen atoms in total. The zero-order chi connectivity index (χ0) is 29.7. The van der Waals surface area contributed by atoms with Crippen LogP contribution in [0.25, 0.3) is 16.9 Å². The second-order valence-corrected chi connectivity index (χ2v) is 14.7. The Balaban J connectivity index is 1.01. The van der Waals surface area contributed by atoms with Gasteiger partial charge < -0.3 is 9.42 Å². The van der Waals surface area contributed by atoms with Gasteiger partial charge in [0.25, 0.3) is 0 Å². The zero-order valence-electron chi connectivity index (χ0n) is 24.6. The highest BCUT2D eigenvalue weighted by Gasteiger charge is 2.69. The number of carbonyl (C=O) groups is 1. The van der Waals surface area contributed by atoms with E-state index in [1.165, 1.54) is 6.20 Å². The molecular weight excluding hydrogens is 557 g/mol. The van der Waals surface area contributed by atoms with Gasteiger partial charge in [-0.05, 0) is 93.6 Å². The first-order valence-corrected chi connectivity index (χ1v) is 16.0. The summed E-state index contributed by atoms with van der Waals surface area (Å²) < 4.78 is 22.0. The molecule has 4 bridgehead atoms. The molecule has 11 rings (SSSR count). The molecule has 0 N–H and O–H groups in total. The lowest BCUT2D eigenvalue weighted by atomic mass is 9.41. The van der Waals surface area contributed by atoms with Gasteiger partial charge in [-0.2, -0.15) is 15.3 Å². The van der Waals surface area contributed by atoms with Crippen LogP contribution in [0.5, 0.6) is 0 Å². The molecule has 7 aliphatic carbocycles. The monoisotopic (exact) mass is 591 g/mol. The maximum absolute atomic E-state index is 14.4. The molecule has 10 heteroatoms. The van der Waals surface area contributed by atoms with E-state index >= 15 is 0 Å². The third kappa shape index (κ3) is 4.04. The SMILES string of the molecule is N#Cc1cnn2c(-c3cccc(N(CC45CCC(c6nc(C7CC7)no6)(CC4)CC5)C(=O)CC45CC(F)(C4)C5)c3)cnc2c1. The lowest BCUT2D eigenvalue weighted by molar-refractivity contribution is -0.215. The Morgan fingerprint density at radius 3 is 2.55 bits per heavy atom. The quantitative estimate of drug-likeness (QED) is 0.232. The van der Waals surface area contributed by atoms with E-state index < -0.39 is 5.67 Å². The van der Waals surface area contributed by atoms with Gasteiger partial charge in [0.15, 0.2) is 11.5 Å². The summed E-state index contributed by atoms with van der Waals surface area (Å²) in [7, 11) is 0. The van der Waals surface area contributed by atoms with Crippen LogP contribution in [0.1, 0.15) is 100 Å². The van der Waals surface area contributed by atoms with Crippen LogP contribution in [0.4, 0.5) is 10.1 Å². The Morgan fingerprint density at radius 1 is 1.07 bits per heavy atom. The predicted octanol–water partition coefficient (Wildman–Crippen LogP) is 6.44. The molecule has 1 aromatic carbocycles. The summed E-state index contributed by atoms with van der Waals surface area (Å²) in [6.07, 6.45) is 13.5. The van der Waals surface area contributed by atoms with Gasteiger partial charge >= 0.3 is 0 Å². The average molecular weight is 592 g/mol. The van der Waals surface area contributed by atoms with Crippen molar-refractivity contribution in [1.82, 2.24) is 24.7 Å². The van der Waals surface area contributed by atoms with E-state index in [-0.39, 0.29) is 22.2 Å². The van der Waals surface area contributed by atoms with Crippen LogP contribution in [0.2, 0.25) is 0 Å². The number of nitriles is 1. The topological polar surface area (TPSA) is 113 Å². The highest BCUT2D eigenvalue weighted by Crippen LogP contribution is 2.71. The maximum atomic E-state index is 14.4. The number of fused-ring (bicyclic) bond motifs is 4. The molecule has 7 fully saturated rings. The number of alkyl halides is 1. The van der Waals surface area contributed by atoms with Crippen molar-refractivity contribution in [2.45, 2.75) is 94.1 Å². The number of imidazole rings is 1. The summed E-state index contributed by atoms with van der Waals surface area (Å²) in [6.45, 7) is 0.649. The van der Waals surface area contributed by atoms with Gasteiger partial charge in [0.05, 0.1) is 23.7 Å². The summed E-state index contributed by atoms with van der Waals surface area (Å²) >= 11 is 0. The van der Waals surface area contributed by atoms with Crippen molar-refractivity contribution in [3.8, 4) is 17.3 Å². The lowest BCUT2D eigenvalue weighted by Gasteiger charge is -2.66. The molecule has 4 aromatic rings. The van der Waals surface area contributed by atoms with Gasteiger partial charge in [-0.1, -0.05) is 17.3 Å². The number of rotatable bonds is 8. The standard InChI is InChI=1S/C34H34FN7O2/c35-34-18-32(19-34,20-34)14-28(43)41(25-3-1-2-24(13-25)26-17-37-27-12-22(15-36)16-38-42(26)27)21-31-6-9-33(10-7-31,11-8-31)30-39-29(40-44-30)23-4-5-23/h1-3,12-13,16-17,23H,4-11,14,18-21H2. The van der Waals surface area contributed by atoms with Crippen molar-refractivity contribution in [3.05, 3.63) is 60.0 Å². The Morgan fingerprint density at radius 2 is 1.84 bits per heavy atom. The summed E-state index contributed by atoms with van der Waals surface area (Å²) in [4.78, 5) is 25.5. The number of aromatic nitrogens is 5. The fraction of sp³-hybridized carbons (Fsp3) is 0.529. The summed E-state index contributed by atoms with van der Waals surface area (Å²) in [6, 6.07) is 11.9. The molecule has 0 spiro atoms. The smallest absolute Gasteiger partial charge is 0.232 e. The van der Waals surface area contributed by atoms with E-state index in [0.29, 0.717) is 49.4 Å². The van der Waals surface area contributed by atoms with Crippen molar-refractivity contribution < 1.29 is 13.7 Å². The molecule has 0 saturated heterocycles. The van der Waals surface area contributed by atoms with Crippen molar-refractivity contribution in [2.24, 2.45) is 10.8 Å². The first-order valence-electron chi connectivity index (χ1n) is 16.0. The molecule has 3 aromatic heterocycles. The van der Waals surface area contributed by atoms with Crippen LogP contribution in [0.3, 0.4) is 0 Å². The summed E-state index contributed by atoms with van der Waals surface area (Å²) in [5.41, 5.74) is 2.36. The van der Waals surface area contributed by atoms with E-state index in [1.54, 1.807) is 16.8 Å². The summed E-state index contributed by atoms with van der Waals surface area (Å²) in [5.74, 6) is 2.26. The lowest BCUT2D eigenvalue weighted by Crippen LogP contribution is -2.65. The highest BCUT2D eigenvalue weighted by atomic mass is 19.1. The molecule has 1 amide bonds. The molecule has 0 radical (unpaired) electrons. The third-order valence-corrected chi connectivity index (χ3v) is 11.6. The Hall–Kier alpha value is -4.13. The van der Waals surface area contributed by atoms with Crippen molar-refractivity contribution >= 4 is 17.2 Å². The third-order valence-electron chi connectivity index (χ3n) is 11.6. The van der Waals surface area contributed by atoms with Crippen molar-refractivity contribution in [1.29, 1.82) is 5.26 Å². The number of benzene rings is 1. The Kier molecular flexibility index (Phi) is 5.35. The molecule has 3 heterocycles. The number of halogens is 1. The molecule has 0 aliphatic heterocycles. The van der Waals surface area contributed by atoms with Crippen molar-refractivity contribution in [3.63, 3.8) is 0 Å². The largest absolute Gasteiger partial charge is 0.339 e. The van der Waals surface area contributed by atoms with E-state index in [2.05, 4.69) is 21.3 Å². The van der Waals surface area contributed by atoms with Gasteiger partial charge in [-0.25, -0.2) is 13.9 Å². The van der Waals surface area contributed by atoms with E-state index in [4.69, 9.17) is 9.51 Å². The van der Waals surface area contributed by atoms with E-state index in [1.807, 2.05) is 29.2 Å². The minimum absolute atomic E-state index is 0.0199. The van der Waals surface area contributed by atoms with Gasteiger partial charge in [-0.3, -0.25) is 4.79 Å². The normalized spacial score (nSPS) is 31.7. The fourth-order valence-electron chi connectivity index (χ4n) is 8.87.